The summed E-state index contributed by atoms with van der Waals surface area (Å²) in [6.07, 6.45) is 2.07. The summed E-state index contributed by atoms with van der Waals surface area (Å²) in [5.74, 6) is -0.503. The number of amides is 1. The number of guanidine groups is 1. The molecule has 3 N–H and O–H groups in total. The average Bonchev–Trinajstić information content (AvgIpc) is 2.32. The van der Waals surface area contributed by atoms with E-state index < -0.39 is 0 Å². The molecule has 1 rings (SSSR count). The average molecular weight is 168 g/mol. The van der Waals surface area contributed by atoms with Gasteiger partial charge in [-0.2, -0.15) is 10.1 Å². The molecule has 0 radical (unpaired) electrons. The van der Waals surface area contributed by atoms with Gasteiger partial charge in [0.15, 0.2) is 0 Å². The summed E-state index contributed by atoms with van der Waals surface area (Å²) in [4.78, 5) is 11.1. The third-order valence-electron chi connectivity index (χ3n) is 1.60. The second kappa shape index (κ2) is 3.34. The van der Waals surface area contributed by atoms with Gasteiger partial charge in [-0.1, -0.05) is 13.3 Å². The lowest BCUT2D eigenvalue weighted by Crippen LogP contribution is -2.33. The number of nitrogens with zero attached hydrogens (tertiary/aromatic N) is 2. The second-order valence-electron chi connectivity index (χ2n) is 2.68. The molecule has 5 heteroatoms. The van der Waals surface area contributed by atoms with Gasteiger partial charge in [-0.3, -0.25) is 10.2 Å². The topological polar surface area (TPSA) is 82.5 Å². The Hall–Kier alpha value is -1.39. The highest BCUT2D eigenvalue weighted by atomic mass is 16.2. The first-order valence-electron chi connectivity index (χ1n) is 3.88. The van der Waals surface area contributed by atoms with Crippen LogP contribution >= 0.6 is 0 Å². The summed E-state index contributed by atoms with van der Waals surface area (Å²) in [6.45, 7) is 2.02. The minimum absolute atomic E-state index is 0.203. The molecule has 5 nitrogen and oxygen atoms in total. The van der Waals surface area contributed by atoms with Crippen LogP contribution in [0.2, 0.25) is 0 Å². The largest absolute Gasteiger partial charge is 0.368 e. The Morgan fingerprint density at radius 2 is 2.50 bits per heavy atom. The van der Waals surface area contributed by atoms with Gasteiger partial charge in [0.25, 0.3) is 5.91 Å². The first-order valence-corrected chi connectivity index (χ1v) is 3.88. The third-order valence-corrected chi connectivity index (χ3v) is 1.60. The number of nitrogens with one attached hydrogen (secondary N) is 1. The predicted octanol–water partition coefficient (Wildman–Crippen LogP) is 0.268. The predicted molar refractivity (Wildman–Crippen MR) is 45.7 cm³/mol. The van der Waals surface area contributed by atoms with Crippen LogP contribution in [0.1, 0.15) is 26.2 Å². The van der Waals surface area contributed by atoms with E-state index in [1.54, 1.807) is 0 Å². The minimum Gasteiger partial charge on any atom is -0.368 e. The molecule has 0 aromatic heterocycles. The molecule has 0 unspecified atom stereocenters. The zero-order chi connectivity index (χ0) is 9.14. The van der Waals surface area contributed by atoms with Crippen molar-refractivity contribution in [2.24, 2.45) is 10.8 Å². The zero-order valence-electron chi connectivity index (χ0n) is 7.00. The van der Waals surface area contributed by atoms with Crippen LogP contribution in [0, 0.1) is 5.41 Å². The van der Waals surface area contributed by atoms with Gasteiger partial charge in [-0.05, 0) is 6.42 Å². The van der Waals surface area contributed by atoms with Crippen LogP contribution in [0.4, 0.5) is 0 Å². The molecule has 1 aliphatic rings. The van der Waals surface area contributed by atoms with Crippen LogP contribution in [0.25, 0.3) is 0 Å². The number of carbonyl (C=O) groups is 1. The fraction of sp³-hybridized carbons (Fsp3) is 0.571. The summed E-state index contributed by atoms with van der Waals surface area (Å²) in [5, 5.41) is 11.9. The first kappa shape index (κ1) is 8.70. The summed E-state index contributed by atoms with van der Waals surface area (Å²) >= 11 is 0. The maximum Gasteiger partial charge on any atom is 0.255 e. The standard InChI is InChI=1S/C7H12N4O/c1-2-3-5-4-6(12)11(10-5)7(8)9/h2-4H2,1H3,(H3,8,9). The van der Waals surface area contributed by atoms with Crippen LogP contribution in [-0.4, -0.2) is 22.6 Å². The van der Waals surface area contributed by atoms with Crippen LogP contribution in [0.3, 0.4) is 0 Å². The van der Waals surface area contributed by atoms with E-state index in [0.717, 1.165) is 23.6 Å². The summed E-state index contributed by atoms with van der Waals surface area (Å²) in [7, 11) is 0. The Bertz CT molecular complexity index is 246. The summed E-state index contributed by atoms with van der Waals surface area (Å²) in [6, 6.07) is 0. The molecule has 0 aliphatic carbocycles. The Labute approximate surface area is 70.7 Å². The molecule has 0 spiro atoms. The molecule has 66 valence electrons. The minimum atomic E-state index is -0.300. The number of carbonyl (C=O) groups excluding carboxylic acids is 1. The van der Waals surface area contributed by atoms with Crippen molar-refractivity contribution in [2.75, 3.05) is 0 Å². The number of rotatable bonds is 2. The normalized spacial score (nSPS) is 16.6. The highest BCUT2D eigenvalue weighted by Crippen LogP contribution is 2.10. The van der Waals surface area contributed by atoms with Gasteiger partial charge in [0.1, 0.15) is 0 Å². The molecular formula is C7H12N4O. The van der Waals surface area contributed by atoms with Crippen molar-refractivity contribution >= 4 is 17.6 Å². The highest BCUT2D eigenvalue weighted by molar-refractivity contribution is 6.10. The Kier molecular flexibility index (Phi) is 2.42. The monoisotopic (exact) mass is 168 g/mol. The molecule has 0 fully saturated rings. The third kappa shape index (κ3) is 1.61. The molecule has 1 aliphatic heterocycles. The molecule has 12 heavy (non-hydrogen) atoms. The van der Waals surface area contributed by atoms with Crippen molar-refractivity contribution in [3.05, 3.63) is 0 Å². The Morgan fingerprint density at radius 3 is 2.92 bits per heavy atom. The molecule has 0 aromatic carbocycles. The highest BCUT2D eigenvalue weighted by Gasteiger charge is 2.24. The van der Waals surface area contributed by atoms with Gasteiger partial charge in [0, 0.05) is 5.71 Å². The van der Waals surface area contributed by atoms with E-state index in [9.17, 15) is 4.79 Å². The number of hydrazone groups is 1. The first-order chi connectivity index (χ1) is 5.65. The van der Waals surface area contributed by atoms with Crippen molar-refractivity contribution in [2.45, 2.75) is 26.2 Å². The lowest BCUT2D eigenvalue weighted by molar-refractivity contribution is -0.125. The van der Waals surface area contributed by atoms with Crippen molar-refractivity contribution in [1.29, 1.82) is 5.41 Å². The zero-order valence-corrected chi connectivity index (χ0v) is 7.00. The van der Waals surface area contributed by atoms with Crippen molar-refractivity contribution in [1.82, 2.24) is 5.01 Å². The second-order valence-corrected chi connectivity index (χ2v) is 2.68. The summed E-state index contributed by atoms with van der Waals surface area (Å²) in [5.41, 5.74) is 5.95. The van der Waals surface area contributed by atoms with E-state index in [4.69, 9.17) is 11.1 Å². The quantitative estimate of drug-likeness (QED) is 0.458. The number of hydrogen-bond donors (Lipinski definition) is 2. The molecule has 0 bridgehead atoms. The molecule has 0 aromatic rings. The van der Waals surface area contributed by atoms with Gasteiger partial charge >= 0.3 is 0 Å². The van der Waals surface area contributed by atoms with Crippen LogP contribution in [0.15, 0.2) is 5.10 Å². The fourth-order valence-electron chi connectivity index (χ4n) is 1.10. The molecule has 1 amide bonds. The SMILES string of the molecule is CCCC1=NN(C(=N)N)C(=O)C1. The number of hydrogen-bond acceptors (Lipinski definition) is 3. The lowest BCUT2D eigenvalue weighted by atomic mass is 10.2. The van der Waals surface area contributed by atoms with Crippen molar-refractivity contribution in [3.8, 4) is 0 Å². The Balaban J connectivity index is 2.66. The van der Waals surface area contributed by atoms with Gasteiger partial charge in [-0.25, -0.2) is 0 Å². The van der Waals surface area contributed by atoms with Gasteiger partial charge in [-0.15, -0.1) is 0 Å². The molecule has 0 saturated heterocycles. The van der Waals surface area contributed by atoms with Gasteiger partial charge in [0.05, 0.1) is 6.42 Å². The fourth-order valence-corrected chi connectivity index (χ4v) is 1.10. The van der Waals surface area contributed by atoms with Gasteiger partial charge < -0.3 is 5.73 Å². The smallest absolute Gasteiger partial charge is 0.255 e. The molecule has 1 heterocycles. The van der Waals surface area contributed by atoms with E-state index in [2.05, 4.69) is 5.10 Å². The Morgan fingerprint density at radius 1 is 1.83 bits per heavy atom. The maximum absolute atomic E-state index is 11.1. The maximum atomic E-state index is 11.1. The van der Waals surface area contributed by atoms with E-state index in [-0.39, 0.29) is 11.9 Å². The van der Waals surface area contributed by atoms with E-state index in [0.29, 0.717) is 6.42 Å². The van der Waals surface area contributed by atoms with Crippen LogP contribution in [0.5, 0.6) is 0 Å². The lowest BCUT2D eigenvalue weighted by Gasteiger charge is -2.06. The van der Waals surface area contributed by atoms with Crippen molar-refractivity contribution in [3.63, 3.8) is 0 Å². The van der Waals surface area contributed by atoms with Crippen molar-refractivity contribution < 1.29 is 4.79 Å². The van der Waals surface area contributed by atoms with Crippen LogP contribution < -0.4 is 5.73 Å². The van der Waals surface area contributed by atoms with Crippen LogP contribution in [-0.2, 0) is 4.79 Å². The molecule has 0 atom stereocenters. The van der Waals surface area contributed by atoms with E-state index >= 15 is 0 Å². The summed E-state index contributed by atoms with van der Waals surface area (Å²) < 4.78 is 0. The molecule has 0 saturated carbocycles. The number of nitrogens with two attached hydrogens (primary N) is 1. The van der Waals surface area contributed by atoms with Gasteiger partial charge in [0.2, 0.25) is 5.96 Å². The molecular weight excluding hydrogens is 156 g/mol. The van der Waals surface area contributed by atoms with E-state index in [1.165, 1.54) is 0 Å². The van der Waals surface area contributed by atoms with E-state index in [1.807, 2.05) is 6.92 Å².